The smallest absolute Gasteiger partial charge is 0.0558 e. The summed E-state index contributed by atoms with van der Waals surface area (Å²) in [5.74, 6) is 0. The monoisotopic (exact) mass is 288 g/mol. The van der Waals surface area contributed by atoms with Gasteiger partial charge in [-0.2, -0.15) is 0 Å². The second-order valence-electron chi connectivity index (χ2n) is 6.58. The highest BCUT2D eigenvalue weighted by Crippen LogP contribution is 2.35. The van der Waals surface area contributed by atoms with Gasteiger partial charge in [-0.05, 0) is 56.8 Å². The fourth-order valence-corrected chi connectivity index (χ4v) is 4.12. The standard InChI is InChI=1S/C18H28N2O/c1-19-11-4-6-16(19)10-12-20(13-14-21)18-9-8-15-5-2-3-7-17(15)18/h2-3,5,7,16,18,21H,4,6,8-14H2,1H3. The van der Waals surface area contributed by atoms with Crippen molar-refractivity contribution < 1.29 is 5.11 Å². The first-order valence-corrected chi connectivity index (χ1v) is 8.42. The zero-order valence-electron chi connectivity index (χ0n) is 13.2. The van der Waals surface area contributed by atoms with E-state index in [1.54, 1.807) is 0 Å². The molecule has 1 heterocycles. The highest BCUT2D eigenvalue weighted by molar-refractivity contribution is 5.34. The first kappa shape index (κ1) is 15.0. The molecule has 0 spiro atoms. The van der Waals surface area contributed by atoms with E-state index in [4.69, 9.17) is 0 Å². The molecule has 0 aromatic heterocycles. The molecule has 21 heavy (non-hydrogen) atoms. The van der Waals surface area contributed by atoms with Gasteiger partial charge >= 0.3 is 0 Å². The SMILES string of the molecule is CN1CCCC1CCN(CCO)C1CCc2ccccc21. The Bertz CT molecular complexity index is 462. The molecule has 3 nitrogen and oxygen atoms in total. The number of hydrogen-bond acceptors (Lipinski definition) is 3. The molecule has 116 valence electrons. The Morgan fingerprint density at radius 3 is 2.86 bits per heavy atom. The number of aliphatic hydroxyl groups excluding tert-OH is 1. The molecule has 2 atom stereocenters. The Morgan fingerprint density at radius 1 is 1.24 bits per heavy atom. The van der Waals surface area contributed by atoms with E-state index >= 15 is 0 Å². The van der Waals surface area contributed by atoms with Crippen LogP contribution in [0.3, 0.4) is 0 Å². The van der Waals surface area contributed by atoms with Gasteiger partial charge in [-0.25, -0.2) is 0 Å². The number of aliphatic hydroxyl groups is 1. The molecule has 1 aliphatic carbocycles. The van der Waals surface area contributed by atoms with Gasteiger partial charge in [-0.1, -0.05) is 24.3 Å². The van der Waals surface area contributed by atoms with E-state index in [2.05, 4.69) is 41.1 Å². The molecule has 2 unspecified atom stereocenters. The van der Waals surface area contributed by atoms with Gasteiger partial charge in [0, 0.05) is 25.2 Å². The largest absolute Gasteiger partial charge is 0.395 e. The van der Waals surface area contributed by atoms with Crippen molar-refractivity contribution in [2.24, 2.45) is 0 Å². The molecule has 3 rings (SSSR count). The van der Waals surface area contributed by atoms with Crippen LogP contribution in [0.1, 0.15) is 42.9 Å². The van der Waals surface area contributed by atoms with Crippen LogP contribution in [0.15, 0.2) is 24.3 Å². The Labute approximate surface area is 128 Å². The summed E-state index contributed by atoms with van der Waals surface area (Å²) in [6.07, 6.45) is 6.30. The number of rotatable bonds is 6. The number of benzene rings is 1. The zero-order valence-corrected chi connectivity index (χ0v) is 13.2. The second-order valence-corrected chi connectivity index (χ2v) is 6.58. The second kappa shape index (κ2) is 6.91. The topological polar surface area (TPSA) is 26.7 Å². The molecule has 1 fully saturated rings. The quantitative estimate of drug-likeness (QED) is 0.871. The van der Waals surface area contributed by atoms with Crippen molar-refractivity contribution in [1.29, 1.82) is 0 Å². The summed E-state index contributed by atoms with van der Waals surface area (Å²) in [4.78, 5) is 5.01. The summed E-state index contributed by atoms with van der Waals surface area (Å²) in [6.45, 7) is 3.42. The van der Waals surface area contributed by atoms with Crippen LogP contribution >= 0.6 is 0 Å². The number of likely N-dealkylation sites (tertiary alicyclic amines) is 1. The zero-order chi connectivity index (χ0) is 14.7. The van der Waals surface area contributed by atoms with Crippen molar-refractivity contribution in [3.8, 4) is 0 Å². The average Bonchev–Trinajstić information content (AvgIpc) is 3.10. The average molecular weight is 288 g/mol. The lowest BCUT2D eigenvalue weighted by molar-refractivity contribution is 0.136. The lowest BCUT2D eigenvalue weighted by atomic mass is 10.1. The van der Waals surface area contributed by atoms with Crippen LogP contribution in [0.2, 0.25) is 0 Å². The third kappa shape index (κ3) is 3.31. The summed E-state index contributed by atoms with van der Waals surface area (Å²) >= 11 is 0. The molecular weight excluding hydrogens is 260 g/mol. The van der Waals surface area contributed by atoms with Crippen molar-refractivity contribution in [2.45, 2.75) is 44.2 Å². The van der Waals surface area contributed by atoms with Crippen LogP contribution in [0, 0.1) is 0 Å². The molecule has 3 heteroatoms. The van der Waals surface area contributed by atoms with Crippen LogP contribution < -0.4 is 0 Å². The Balaban J connectivity index is 1.65. The summed E-state index contributed by atoms with van der Waals surface area (Å²) < 4.78 is 0. The van der Waals surface area contributed by atoms with Gasteiger partial charge in [0.25, 0.3) is 0 Å². The van der Waals surface area contributed by atoms with Gasteiger partial charge in [0.15, 0.2) is 0 Å². The molecule has 0 bridgehead atoms. The van der Waals surface area contributed by atoms with E-state index in [1.165, 1.54) is 49.8 Å². The van der Waals surface area contributed by atoms with Crippen LogP contribution in [-0.2, 0) is 6.42 Å². The molecule has 1 saturated heterocycles. The minimum Gasteiger partial charge on any atom is -0.395 e. The Kier molecular flexibility index (Phi) is 4.94. The lowest BCUT2D eigenvalue weighted by Gasteiger charge is -2.31. The first-order valence-electron chi connectivity index (χ1n) is 8.42. The van der Waals surface area contributed by atoms with E-state index < -0.39 is 0 Å². The fraction of sp³-hybridized carbons (Fsp3) is 0.667. The van der Waals surface area contributed by atoms with Gasteiger partial charge < -0.3 is 10.0 Å². The number of fused-ring (bicyclic) bond motifs is 1. The van der Waals surface area contributed by atoms with Crippen molar-refractivity contribution in [2.75, 3.05) is 33.3 Å². The van der Waals surface area contributed by atoms with E-state index in [0.717, 1.165) is 19.1 Å². The van der Waals surface area contributed by atoms with E-state index in [9.17, 15) is 5.11 Å². The van der Waals surface area contributed by atoms with Crippen LogP contribution in [0.25, 0.3) is 0 Å². The van der Waals surface area contributed by atoms with E-state index in [-0.39, 0.29) is 6.61 Å². The fourth-order valence-electron chi connectivity index (χ4n) is 4.12. The molecule has 1 aliphatic heterocycles. The number of hydrogen-bond donors (Lipinski definition) is 1. The highest BCUT2D eigenvalue weighted by atomic mass is 16.3. The summed E-state index contributed by atoms with van der Waals surface area (Å²) in [5, 5.41) is 9.44. The van der Waals surface area contributed by atoms with Crippen molar-refractivity contribution in [3.63, 3.8) is 0 Å². The van der Waals surface area contributed by atoms with E-state index in [0.29, 0.717) is 6.04 Å². The van der Waals surface area contributed by atoms with Crippen LogP contribution in [-0.4, -0.2) is 54.2 Å². The third-order valence-electron chi connectivity index (χ3n) is 5.35. The van der Waals surface area contributed by atoms with Crippen LogP contribution in [0.4, 0.5) is 0 Å². The van der Waals surface area contributed by atoms with Gasteiger partial charge in [-0.3, -0.25) is 4.90 Å². The first-order chi connectivity index (χ1) is 10.3. The van der Waals surface area contributed by atoms with Crippen molar-refractivity contribution in [1.82, 2.24) is 9.80 Å². The molecule has 0 amide bonds. The maximum Gasteiger partial charge on any atom is 0.0558 e. The maximum atomic E-state index is 9.44. The van der Waals surface area contributed by atoms with E-state index in [1.807, 2.05) is 0 Å². The van der Waals surface area contributed by atoms with Crippen molar-refractivity contribution >= 4 is 0 Å². The minimum absolute atomic E-state index is 0.263. The Morgan fingerprint density at radius 2 is 2.10 bits per heavy atom. The third-order valence-corrected chi connectivity index (χ3v) is 5.35. The normalized spacial score (nSPS) is 25.7. The lowest BCUT2D eigenvalue weighted by Crippen LogP contribution is -2.35. The molecule has 2 aliphatic rings. The molecule has 0 saturated carbocycles. The van der Waals surface area contributed by atoms with Crippen molar-refractivity contribution in [3.05, 3.63) is 35.4 Å². The molecule has 1 N–H and O–H groups in total. The number of nitrogens with zero attached hydrogens (tertiary/aromatic N) is 2. The van der Waals surface area contributed by atoms with Crippen LogP contribution in [0.5, 0.6) is 0 Å². The number of aryl methyl sites for hydroxylation is 1. The minimum atomic E-state index is 0.263. The highest BCUT2D eigenvalue weighted by Gasteiger charge is 2.28. The molecule has 1 aromatic rings. The maximum absolute atomic E-state index is 9.44. The molecule has 1 aromatic carbocycles. The molecular formula is C18H28N2O. The predicted molar refractivity (Wildman–Crippen MR) is 86.4 cm³/mol. The molecule has 0 radical (unpaired) electrons. The summed E-state index contributed by atoms with van der Waals surface area (Å²) in [7, 11) is 2.25. The van der Waals surface area contributed by atoms with Gasteiger partial charge in [0.2, 0.25) is 0 Å². The van der Waals surface area contributed by atoms with Gasteiger partial charge in [0.1, 0.15) is 0 Å². The van der Waals surface area contributed by atoms with Gasteiger partial charge in [0.05, 0.1) is 6.61 Å². The summed E-state index contributed by atoms with van der Waals surface area (Å²) in [6, 6.07) is 10.1. The predicted octanol–water partition coefficient (Wildman–Crippen LogP) is 2.45. The Hall–Kier alpha value is -0.900. The van der Waals surface area contributed by atoms with Gasteiger partial charge in [-0.15, -0.1) is 0 Å². The summed E-state index contributed by atoms with van der Waals surface area (Å²) in [5.41, 5.74) is 2.99.